The predicted octanol–water partition coefficient (Wildman–Crippen LogP) is 3.80. The van der Waals surface area contributed by atoms with E-state index in [1.54, 1.807) is 7.11 Å². The molecule has 1 fully saturated rings. The molecule has 0 radical (unpaired) electrons. The quantitative estimate of drug-likeness (QED) is 0.877. The summed E-state index contributed by atoms with van der Waals surface area (Å²) < 4.78 is 11.3. The Morgan fingerprint density at radius 3 is 2.79 bits per heavy atom. The summed E-state index contributed by atoms with van der Waals surface area (Å²) in [6.45, 7) is 2.05. The molecule has 24 heavy (non-hydrogen) atoms. The Morgan fingerprint density at radius 1 is 1.17 bits per heavy atom. The van der Waals surface area contributed by atoms with E-state index in [2.05, 4.69) is 35.8 Å². The molecule has 0 saturated carbocycles. The van der Waals surface area contributed by atoms with Crippen LogP contribution in [0.1, 0.15) is 23.5 Å². The molecule has 1 heterocycles. The van der Waals surface area contributed by atoms with Crippen molar-refractivity contribution in [3.05, 3.63) is 65.7 Å². The molecule has 3 rings (SSSR count). The Balaban J connectivity index is 1.65. The second-order valence-electron chi connectivity index (χ2n) is 5.72. The summed E-state index contributed by atoms with van der Waals surface area (Å²) >= 11 is 0. The van der Waals surface area contributed by atoms with Gasteiger partial charge in [0.05, 0.1) is 13.7 Å². The third kappa shape index (κ3) is 4.37. The summed E-state index contributed by atoms with van der Waals surface area (Å²) in [5.74, 6) is 1.97. The van der Waals surface area contributed by atoms with Gasteiger partial charge in [0.15, 0.2) is 11.5 Å². The second kappa shape index (κ2) is 8.52. The van der Waals surface area contributed by atoms with Gasteiger partial charge in [-0.25, -0.2) is 5.48 Å². The van der Waals surface area contributed by atoms with Gasteiger partial charge in [-0.2, -0.15) is 0 Å². The Bertz CT molecular complexity index is 664. The van der Waals surface area contributed by atoms with E-state index in [4.69, 9.17) is 14.3 Å². The molecule has 1 atom stereocenters. The summed E-state index contributed by atoms with van der Waals surface area (Å²) in [5.41, 5.74) is 5.37. The highest BCUT2D eigenvalue weighted by Gasteiger charge is 2.17. The zero-order chi connectivity index (χ0) is 16.6. The van der Waals surface area contributed by atoms with Crippen LogP contribution in [0.15, 0.2) is 54.6 Å². The number of benzene rings is 2. The lowest BCUT2D eigenvalue weighted by Crippen LogP contribution is -2.29. The van der Waals surface area contributed by atoms with Gasteiger partial charge in [0.25, 0.3) is 0 Å². The van der Waals surface area contributed by atoms with Crippen molar-refractivity contribution in [2.75, 3.05) is 26.9 Å². The molecule has 1 saturated heterocycles. The Morgan fingerprint density at radius 2 is 2.04 bits per heavy atom. The summed E-state index contributed by atoms with van der Waals surface area (Å²) in [5, 5.41) is 0. The minimum absolute atomic E-state index is 0.437. The van der Waals surface area contributed by atoms with E-state index in [1.165, 1.54) is 5.56 Å². The van der Waals surface area contributed by atoms with Gasteiger partial charge in [-0.1, -0.05) is 42.5 Å². The molecule has 0 spiro atoms. The first kappa shape index (κ1) is 16.6. The average molecular weight is 325 g/mol. The number of hydroxylamine groups is 1. The van der Waals surface area contributed by atoms with E-state index in [-0.39, 0.29) is 0 Å². The van der Waals surface area contributed by atoms with E-state index in [1.807, 2.05) is 30.3 Å². The van der Waals surface area contributed by atoms with Crippen LogP contribution in [0.2, 0.25) is 0 Å². The SMILES string of the molecule is COc1ccc(C2CCONC2)cc1OC/C=C/c1ccccc1. The normalized spacial score (nSPS) is 17.8. The zero-order valence-corrected chi connectivity index (χ0v) is 13.9. The molecule has 0 aliphatic carbocycles. The first-order chi connectivity index (χ1) is 11.9. The third-order valence-corrected chi connectivity index (χ3v) is 4.10. The largest absolute Gasteiger partial charge is 0.493 e. The molecule has 126 valence electrons. The molecule has 0 aromatic heterocycles. The minimum Gasteiger partial charge on any atom is -0.493 e. The minimum atomic E-state index is 0.437. The van der Waals surface area contributed by atoms with Crippen LogP contribution in [-0.4, -0.2) is 26.9 Å². The van der Waals surface area contributed by atoms with Crippen LogP contribution >= 0.6 is 0 Å². The molecular weight excluding hydrogens is 302 g/mol. The van der Waals surface area contributed by atoms with E-state index < -0.39 is 0 Å². The van der Waals surface area contributed by atoms with Crippen molar-refractivity contribution in [1.29, 1.82) is 0 Å². The van der Waals surface area contributed by atoms with E-state index in [0.29, 0.717) is 12.5 Å². The maximum atomic E-state index is 5.92. The van der Waals surface area contributed by atoms with Gasteiger partial charge >= 0.3 is 0 Å². The van der Waals surface area contributed by atoms with Crippen LogP contribution in [0.5, 0.6) is 11.5 Å². The Kier molecular flexibility index (Phi) is 5.88. The lowest BCUT2D eigenvalue weighted by molar-refractivity contribution is 0.00405. The van der Waals surface area contributed by atoms with Crippen LogP contribution in [0.4, 0.5) is 0 Å². The number of methoxy groups -OCH3 is 1. The van der Waals surface area contributed by atoms with Crippen molar-refractivity contribution in [1.82, 2.24) is 5.48 Å². The molecule has 4 nitrogen and oxygen atoms in total. The molecule has 0 bridgehead atoms. The lowest BCUT2D eigenvalue weighted by Gasteiger charge is -2.23. The molecule has 1 N–H and O–H groups in total. The van der Waals surface area contributed by atoms with Crippen molar-refractivity contribution < 1.29 is 14.3 Å². The van der Waals surface area contributed by atoms with Gasteiger partial charge in [-0.15, -0.1) is 0 Å². The number of rotatable bonds is 6. The molecular formula is C20H23NO3. The van der Waals surface area contributed by atoms with Crippen LogP contribution in [0, 0.1) is 0 Å². The van der Waals surface area contributed by atoms with E-state index in [9.17, 15) is 0 Å². The number of hydrogen-bond donors (Lipinski definition) is 1. The fourth-order valence-corrected chi connectivity index (χ4v) is 2.77. The highest BCUT2D eigenvalue weighted by atomic mass is 16.6. The molecule has 0 amide bonds. The predicted molar refractivity (Wildman–Crippen MR) is 95.3 cm³/mol. The molecule has 1 aliphatic rings. The smallest absolute Gasteiger partial charge is 0.161 e. The van der Waals surface area contributed by atoms with E-state index >= 15 is 0 Å². The summed E-state index contributed by atoms with van der Waals surface area (Å²) in [6.07, 6.45) is 5.07. The first-order valence-electron chi connectivity index (χ1n) is 8.24. The fourth-order valence-electron chi connectivity index (χ4n) is 2.77. The van der Waals surface area contributed by atoms with Crippen LogP contribution < -0.4 is 15.0 Å². The molecule has 2 aromatic carbocycles. The topological polar surface area (TPSA) is 39.7 Å². The van der Waals surface area contributed by atoms with Crippen molar-refractivity contribution in [2.45, 2.75) is 12.3 Å². The molecule has 1 aliphatic heterocycles. The maximum Gasteiger partial charge on any atom is 0.161 e. The van der Waals surface area contributed by atoms with Crippen molar-refractivity contribution >= 4 is 6.08 Å². The fraction of sp³-hybridized carbons (Fsp3) is 0.300. The monoisotopic (exact) mass is 325 g/mol. The van der Waals surface area contributed by atoms with Crippen molar-refractivity contribution in [2.24, 2.45) is 0 Å². The average Bonchev–Trinajstić information content (AvgIpc) is 2.66. The van der Waals surface area contributed by atoms with Gasteiger partial charge in [0.1, 0.15) is 6.61 Å². The van der Waals surface area contributed by atoms with Crippen LogP contribution in [-0.2, 0) is 4.84 Å². The van der Waals surface area contributed by atoms with Gasteiger partial charge in [0.2, 0.25) is 0 Å². The second-order valence-corrected chi connectivity index (χ2v) is 5.72. The van der Waals surface area contributed by atoms with Gasteiger partial charge in [0, 0.05) is 12.5 Å². The first-order valence-corrected chi connectivity index (χ1v) is 8.24. The molecule has 1 unspecified atom stereocenters. The van der Waals surface area contributed by atoms with Gasteiger partial charge in [-0.05, 0) is 35.8 Å². The zero-order valence-electron chi connectivity index (χ0n) is 13.9. The number of ether oxygens (including phenoxy) is 2. The van der Waals surface area contributed by atoms with Gasteiger partial charge in [-0.3, -0.25) is 0 Å². The summed E-state index contributed by atoms with van der Waals surface area (Å²) in [4.78, 5) is 5.20. The van der Waals surface area contributed by atoms with Crippen LogP contribution in [0.3, 0.4) is 0 Å². The highest BCUT2D eigenvalue weighted by Crippen LogP contribution is 2.32. The number of nitrogens with one attached hydrogen (secondary N) is 1. The maximum absolute atomic E-state index is 5.92. The van der Waals surface area contributed by atoms with Crippen molar-refractivity contribution in [3.63, 3.8) is 0 Å². The van der Waals surface area contributed by atoms with E-state index in [0.717, 1.165) is 36.6 Å². The molecule has 2 aromatic rings. The summed E-state index contributed by atoms with van der Waals surface area (Å²) in [7, 11) is 1.66. The Hall–Kier alpha value is -2.30. The highest BCUT2D eigenvalue weighted by molar-refractivity contribution is 5.49. The van der Waals surface area contributed by atoms with Crippen LogP contribution in [0.25, 0.3) is 6.08 Å². The molecule has 4 heteroatoms. The van der Waals surface area contributed by atoms with Gasteiger partial charge < -0.3 is 14.3 Å². The van der Waals surface area contributed by atoms with Crippen molar-refractivity contribution in [3.8, 4) is 11.5 Å². The summed E-state index contributed by atoms with van der Waals surface area (Å²) in [6, 6.07) is 16.3. The third-order valence-electron chi connectivity index (χ3n) is 4.10. The standard InChI is InChI=1S/C20H23NO3/c1-22-19-10-9-17(18-11-13-24-21-15-18)14-20(19)23-12-5-8-16-6-3-2-4-7-16/h2-10,14,18,21H,11-13,15H2,1H3/b8-5+. The Labute approximate surface area is 143 Å². The number of hydrogen-bond acceptors (Lipinski definition) is 4. The lowest BCUT2D eigenvalue weighted by atomic mass is 9.95.